The van der Waals surface area contributed by atoms with Gasteiger partial charge in [-0.25, -0.2) is 0 Å². The number of hydrogen-bond acceptors (Lipinski definition) is 3. The third-order valence-corrected chi connectivity index (χ3v) is 3.69. The van der Waals surface area contributed by atoms with E-state index in [1.165, 1.54) is 19.5 Å². The van der Waals surface area contributed by atoms with E-state index in [9.17, 15) is 5.11 Å². The van der Waals surface area contributed by atoms with E-state index in [1.807, 2.05) is 0 Å². The van der Waals surface area contributed by atoms with Crippen LogP contribution in [-0.4, -0.2) is 61.3 Å². The third-order valence-electron chi connectivity index (χ3n) is 3.69. The average molecular weight is 214 g/mol. The molecule has 3 heteroatoms. The number of likely N-dealkylation sites (N-methyl/N-ethyl adjacent to an activating group) is 2. The zero-order chi connectivity index (χ0) is 11.4. The largest absolute Gasteiger partial charge is 0.396 e. The molecule has 2 unspecified atom stereocenters. The molecule has 1 rings (SSSR count). The summed E-state index contributed by atoms with van der Waals surface area (Å²) in [6.07, 6.45) is 1.27. The van der Waals surface area contributed by atoms with E-state index in [-0.39, 0.29) is 0 Å². The number of hydrogen-bond donors (Lipinski definition) is 1. The molecule has 0 bridgehead atoms. The maximum atomic E-state index is 9.30. The zero-order valence-electron chi connectivity index (χ0n) is 10.6. The lowest BCUT2D eigenvalue weighted by atomic mass is 9.96. The van der Waals surface area contributed by atoms with Gasteiger partial charge in [0.05, 0.1) is 0 Å². The van der Waals surface area contributed by atoms with Gasteiger partial charge in [0, 0.05) is 25.7 Å². The van der Waals surface area contributed by atoms with E-state index < -0.39 is 0 Å². The quantitative estimate of drug-likeness (QED) is 0.736. The molecule has 2 atom stereocenters. The normalized spacial score (nSPS) is 25.4. The first kappa shape index (κ1) is 12.9. The Kier molecular flexibility index (Phi) is 5.03. The second-order valence-electron chi connectivity index (χ2n) is 5.33. The van der Waals surface area contributed by atoms with Crippen molar-refractivity contribution >= 4 is 0 Å². The van der Waals surface area contributed by atoms with Crippen LogP contribution in [0.1, 0.15) is 20.3 Å². The monoisotopic (exact) mass is 214 g/mol. The summed E-state index contributed by atoms with van der Waals surface area (Å²) in [7, 11) is 4.37. The van der Waals surface area contributed by atoms with Crippen LogP contribution in [0.2, 0.25) is 0 Å². The van der Waals surface area contributed by atoms with E-state index >= 15 is 0 Å². The highest BCUT2D eigenvalue weighted by Crippen LogP contribution is 2.17. The van der Waals surface area contributed by atoms with E-state index in [4.69, 9.17) is 0 Å². The molecule has 0 aromatic heterocycles. The van der Waals surface area contributed by atoms with Crippen molar-refractivity contribution < 1.29 is 5.11 Å². The molecule has 1 N–H and O–H groups in total. The van der Waals surface area contributed by atoms with Crippen molar-refractivity contribution in [3.63, 3.8) is 0 Å². The molecule has 1 aliphatic rings. The highest BCUT2D eigenvalue weighted by Gasteiger charge is 2.25. The Morgan fingerprint density at radius 1 is 1.47 bits per heavy atom. The van der Waals surface area contributed by atoms with Crippen LogP contribution in [0.5, 0.6) is 0 Å². The molecule has 15 heavy (non-hydrogen) atoms. The second kappa shape index (κ2) is 5.83. The summed E-state index contributed by atoms with van der Waals surface area (Å²) in [6.45, 7) is 8.09. The molecule has 0 radical (unpaired) electrons. The molecule has 1 heterocycles. The number of likely N-dealkylation sites (tertiary alicyclic amines) is 1. The van der Waals surface area contributed by atoms with Gasteiger partial charge in [0.1, 0.15) is 0 Å². The summed E-state index contributed by atoms with van der Waals surface area (Å²) in [5, 5.41) is 9.30. The molecular formula is C12H26N2O. The first-order valence-corrected chi connectivity index (χ1v) is 6.04. The fraction of sp³-hybridized carbons (Fsp3) is 1.00. The van der Waals surface area contributed by atoms with Gasteiger partial charge < -0.3 is 14.9 Å². The van der Waals surface area contributed by atoms with Gasteiger partial charge in [-0.1, -0.05) is 13.8 Å². The van der Waals surface area contributed by atoms with Crippen molar-refractivity contribution in [1.82, 2.24) is 9.80 Å². The molecule has 1 aliphatic heterocycles. The molecular weight excluding hydrogens is 188 g/mol. The van der Waals surface area contributed by atoms with E-state index in [0.29, 0.717) is 24.5 Å². The molecule has 1 fully saturated rings. The lowest BCUT2D eigenvalue weighted by Crippen LogP contribution is -2.39. The SMILES string of the molecule is CC(C)C(CO)CN(C)C1CCN(C)C1. The van der Waals surface area contributed by atoms with Crippen molar-refractivity contribution in [3.05, 3.63) is 0 Å². The maximum absolute atomic E-state index is 9.30. The number of nitrogens with zero attached hydrogens (tertiary/aromatic N) is 2. The maximum Gasteiger partial charge on any atom is 0.0473 e. The van der Waals surface area contributed by atoms with Crippen molar-refractivity contribution in [2.24, 2.45) is 11.8 Å². The molecule has 90 valence electrons. The predicted molar refractivity (Wildman–Crippen MR) is 63.9 cm³/mol. The highest BCUT2D eigenvalue weighted by atomic mass is 16.3. The van der Waals surface area contributed by atoms with Gasteiger partial charge >= 0.3 is 0 Å². The Hall–Kier alpha value is -0.120. The molecule has 0 saturated carbocycles. The molecule has 0 amide bonds. The number of rotatable bonds is 5. The van der Waals surface area contributed by atoms with Crippen LogP contribution in [-0.2, 0) is 0 Å². The van der Waals surface area contributed by atoms with Gasteiger partial charge in [0.15, 0.2) is 0 Å². The first-order valence-electron chi connectivity index (χ1n) is 6.04. The van der Waals surface area contributed by atoms with Crippen molar-refractivity contribution in [2.45, 2.75) is 26.3 Å². The Bertz CT molecular complexity index is 184. The summed E-state index contributed by atoms with van der Waals surface area (Å²) in [4.78, 5) is 4.80. The minimum atomic E-state index is 0.310. The van der Waals surface area contributed by atoms with Crippen LogP contribution in [0.15, 0.2) is 0 Å². The smallest absolute Gasteiger partial charge is 0.0473 e. The van der Waals surface area contributed by atoms with Crippen molar-refractivity contribution in [1.29, 1.82) is 0 Å². The molecule has 3 nitrogen and oxygen atoms in total. The molecule has 1 saturated heterocycles. The van der Waals surface area contributed by atoms with Crippen LogP contribution in [0, 0.1) is 11.8 Å². The summed E-state index contributed by atoms with van der Waals surface area (Å²) in [5.41, 5.74) is 0. The minimum Gasteiger partial charge on any atom is -0.396 e. The van der Waals surface area contributed by atoms with Crippen molar-refractivity contribution in [3.8, 4) is 0 Å². The predicted octanol–water partition coefficient (Wildman–Crippen LogP) is 0.887. The Balaban J connectivity index is 2.36. The second-order valence-corrected chi connectivity index (χ2v) is 5.33. The van der Waals surface area contributed by atoms with Gasteiger partial charge in [0.2, 0.25) is 0 Å². The van der Waals surface area contributed by atoms with Gasteiger partial charge in [-0.3, -0.25) is 0 Å². The number of aliphatic hydroxyl groups is 1. The van der Waals surface area contributed by atoms with Crippen LogP contribution in [0.4, 0.5) is 0 Å². The van der Waals surface area contributed by atoms with Gasteiger partial charge in [-0.2, -0.15) is 0 Å². The lowest BCUT2D eigenvalue weighted by molar-refractivity contribution is 0.125. The van der Waals surface area contributed by atoms with Crippen LogP contribution in [0.3, 0.4) is 0 Å². The van der Waals surface area contributed by atoms with Gasteiger partial charge in [0.25, 0.3) is 0 Å². The van der Waals surface area contributed by atoms with Crippen LogP contribution < -0.4 is 0 Å². The third kappa shape index (κ3) is 3.74. The Morgan fingerprint density at radius 3 is 2.53 bits per heavy atom. The van der Waals surface area contributed by atoms with E-state index in [1.54, 1.807) is 0 Å². The fourth-order valence-electron chi connectivity index (χ4n) is 2.27. The fourth-order valence-corrected chi connectivity index (χ4v) is 2.27. The first-order chi connectivity index (χ1) is 7.04. The summed E-state index contributed by atoms with van der Waals surface area (Å²) < 4.78 is 0. The van der Waals surface area contributed by atoms with Crippen molar-refractivity contribution in [2.75, 3.05) is 40.3 Å². The van der Waals surface area contributed by atoms with Crippen LogP contribution >= 0.6 is 0 Å². The van der Waals surface area contributed by atoms with Crippen LogP contribution in [0.25, 0.3) is 0 Å². The summed E-state index contributed by atoms with van der Waals surface area (Å²) in [6, 6.07) is 0.683. The zero-order valence-corrected chi connectivity index (χ0v) is 10.6. The standard InChI is InChI=1S/C12H26N2O/c1-10(2)11(9-15)7-14(4)12-5-6-13(3)8-12/h10-12,15H,5-9H2,1-4H3. The lowest BCUT2D eigenvalue weighted by Gasteiger charge is -2.29. The minimum absolute atomic E-state index is 0.310. The van der Waals surface area contributed by atoms with Gasteiger partial charge in [-0.15, -0.1) is 0 Å². The summed E-state index contributed by atoms with van der Waals surface area (Å²) >= 11 is 0. The summed E-state index contributed by atoms with van der Waals surface area (Å²) in [5.74, 6) is 0.984. The Morgan fingerprint density at radius 2 is 2.13 bits per heavy atom. The Labute approximate surface area is 94.1 Å². The molecule has 0 aromatic carbocycles. The van der Waals surface area contributed by atoms with E-state index in [2.05, 4.69) is 37.7 Å². The highest BCUT2D eigenvalue weighted by molar-refractivity contribution is 4.81. The topological polar surface area (TPSA) is 26.7 Å². The molecule has 0 spiro atoms. The average Bonchev–Trinajstić information content (AvgIpc) is 2.60. The molecule has 0 aliphatic carbocycles. The van der Waals surface area contributed by atoms with Gasteiger partial charge in [-0.05, 0) is 38.9 Å². The molecule has 0 aromatic rings. The van der Waals surface area contributed by atoms with E-state index in [0.717, 1.165) is 6.54 Å². The number of aliphatic hydroxyl groups excluding tert-OH is 1.